The number of nitriles is 1. The predicted octanol–water partition coefficient (Wildman–Crippen LogP) is 1.59. The second-order valence-corrected chi connectivity index (χ2v) is 5.75. The lowest BCUT2D eigenvalue weighted by molar-refractivity contribution is -0.0573. The van der Waals surface area contributed by atoms with Crippen LogP contribution in [-0.4, -0.2) is 42.6 Å². The van der Waals surface area contributed by atoms with Gasteiger partial charge in [0.1, 0.15) is 0 Å². The molecule has 0 amide bonds. The first-order valence-electron chi connectivity index (χ1n) is 7.18. The van der Waals surface area contributed by atoms with Gasteiger partial charge in [0.15, 0.2) is 0 Å². The number of rotatable bonds is 4. The van der Waals surface area contributed by atoms with Crippen molar-refractivity contribution < 1.29 is 14.9 Å². The number of aliphatic hydroxyl groups is 2. The Morgan fingerprint density at radius 1 is 1.43 bits per heavy atom. The van der Waals surface area contributed by atoms with E-state index >= 15 is 0 Å². The minimum Gasteiger partial charge on any atom is -0.389 e. The zero-order chi connectivity index (χ0) is 15.5. The molecule has 1 saturated heterocycles. The molecule has 1 aliphatic rings. The number of nitrogens with zero attached hydrogens (tertiary/aromatic N) is 2. The second-order valence-electron chi connectivity index (χ2n) is 5.75. The summed E-state index contributed by atoms with van der Waals surface area (Å²) in [6, 6.07) is 7.33. The lowest BCUT2D eigenvalue weighted by Crippen LogP contribution is -2.46. The molecule has 1 fully saturated rings. The summed E-state index contributed by atoms with van der Waals surface area (Å²) in [5.74, 6) is 0. The van der Waals surface area contributed by atoms with Gasteiger partial charge in [-0.3, -0.25) is 0 Å². The number of ether oxygens (including phenoxy) is 1. The maximum absolute atomic E-state index is 10.6. The van der Waals surface area contributed by atoms with E-state index in [1.54, 1.807) is 25.1 Å². The average molecular weight is 290 g/mol. The number of likely N-dealkylation sites (N-methyl/N-ethyl adjacent to an activating group) is 1. The summed E-state index contributed by atoms with van der Waals surface area (Å²) in [6.45, 7) is 3.27. The molecule has 1 aromatic carbocycles. The maximum Gasteiger partial charge on any atom is 0.0992 e. The van der Waals surface area contributed by atoms with Crippen molar-refractivity contribution in [1.82, 2.24) is 0 Å². The molecule has 0 spiro atoms. The van der Waals surface area contributed by atoms with E-state index < -0.39 is 11.7 Å². The van der Waals surface area contributed by atoms with E-state index in [4.69, 9.17) is 10.00 Å². The van der Waals surface area contributed by atoms with E-state index in [0.717, 1.165) is 11.3 Å². The smallest absolute Gasteiger partial charge is 0.0992 e. The Morgan fingerprint density at radius 2 is 2.10 bits per heavy atom. The summed E-state index contributed by atoms with van der Waals surface area (Å²) in [4.78, 5) is 1.91. The second kappa shape index (κ2) is 6.44. The third kappa shape index (κ3) is 3.73. The van der Waals surface area contributed by atoms with Crippen molar-refractivity contribution in [3.8, 4) is 6.07 Å². The fourth-order valence-electron chi connectivity index (χ4n) is 2.73. The van der Waals surface area contributed by atoms with E-state index in [9.17, 15) is 10.2 Å². The molecule has 0 bridgehead atoms. The molecular formula is C16H22N2O3. The molecule has 114 valence electrons. The Labute approximate surface area is 125 Å². The quantitative estimate of drug-likeness (QED) is 0.880. The summed E-state index contributed by atoms with van der Waals surface area (Å²) in [6.07, 6.45) is 0.568. The van der Waals surface area contributed by atoms with E-state index in [1.165, 1.54) is 0 Å². The summed E-state index contributed by atoms with van der Waals surface area (Å²) < 4.78 is 5.29. The molecule has 0 aliphatic carbocycles. The summed E-state index contributed by atoms with van der Waals surface area (Å²) in [5.41, 5.74) is 1.29. The van der Waals surface area contributed by atoms with Crippen molar-refractivity contribution in [3.63, 3.8) is 0 Å². The predicted molar refractivity (Wildman–Crippen MR) is 80.1 cm³/mol. The number of benzene rings is 1. The van der Waals surface area contributed by atoms with Gasteiger partial charge < -0.3 is 19.8 Å². The standard InChI is InChI=1S/C16H22N2O3/c1-12(19)14-4-3-13(10-17)9-15(14)18(2)11-16(20)5-7-21-8-6-16/h3-4,9,12,19-20H,5-8,11H2,1-2H3. The Morgan fingerprint density at radius 3 is 2.67 bits per heavy atom. The highest BCUT2D eigenvalue weighted by atomic mass is 16.5. The number of anilines is 1. The lowest BCUT2D eigenvalue weighted by Gasteiger charge is -2.37. The van der Waals surface area contributed by atoms with Crippen LogP contribution >= 0.6 is 0 Å². The first-order chi connectivity index (χ1) is 9.95. The van der Waals surface area contributed by atoms with E-state index in [2.05, 4.69) is 6.07 Å². The summed E-state index contributed by atoms with van der Waals surface area (Å²) >= 11 is 0. The molecule has 5 nitrogen and oxygen atoms in total. The van der Waals surface area contributed by atoms with Crippen LogP contribution < -0.4 is 4.90 Å². The van der Waals surface area contributed by atoms with Gasteiger partial charge >= 0.3 is 0 Å². The number of hydrogen-bond acceptors (Lipinski definition) is 5. The SMILES string of the molecule is CC(O)c1ccc(C#N)cc1N(C)CC1(O)CCOCC1. The molecular weight excluding hydrogens is 268 g/mol. The Bertz CT molecular complexity index is 531. The molecule has 1 unspecified atom stereocenters. The van der Waals surface area contributed by atoms with Gasteiger partial charge in [-0.25, -0.2) is 0 Å². The molecule has 1 heterocycles. The van der Waals surface area contributed by atoms with Crippen LogP contribution in [-0.2, 0) is 4.74 Å². The van der Waals surface area contributed by atoms with Gasteiger partial charge in [0.05, 0.1) is 23.3 Å². The fraction of sp³-hybridized carbons (Fsp3) is 0.562. The van der Waals surface area contributed by atoms with Crippen molar-refractivity contribution in [2.45, 2.75) is 31.5 Å². The Balaban J connectivity index is 2.25. The molecule has 0 radical (unpaired) electrons. The topological polar surface area (TPSA) is 76.7 Å². The van der Waals surface area contributed by atoms with Crippen LogP contribution in [0, 0.1) is 11.3 Å². The van der Waals surface area contributed by atoms with Crippen LogP contribution in [0.4, 0.5) is 5.69 Å². The van der Waals surface area contributed by atoms with Crippen molar-refractivity contribution >= 4 is 5.69 Å². The highest BCUT2D eigenvalue weighted by Crippen LogP contribution is 2.30. The van der Waals surface area contributed by atoms with Crippen molar-refractivity contribution in [1.29, 1.82) is 5.26 Å². The van der Waals surface area contributed by atoms with Gasteiger partial charge in [-0.1, -0.05) is 6.07 Å². The number of hydrogen-bond donors (Lipinski definition) is 2. The van der Waals surface area contributed by atoms with E-state index in [0.29, 0.717) is 38.2 Å². The van der Waals surface area contributed by atoms with Gasteiger partial charge in [0.2, 0.25) is 0 Å². The molecule has 1 aromatic rings. The van der Waals surface area contributed by atoms with Crippen LogP contribution in [0.5, 0.6) is 0 Å². The minimum atomic E-state index is -0.786. The van der Waals surface area contributed by atoms with Crippen LogP contribution in [0.3, 0.4) is 0 Å². The van der Waals surface area contributed by atoms with Crippen LogP contribution in [0.1, 0.15) is 37.0 Å². The molecule has 1 aliphatic heterocycles. The maximum atomic E-state index is 10.6. The van der Waals surface area contributed by atoms with Crippen LogP contribution in [0.15, 0.2) is 18.2 Å². The van der Waals surface area contributed by atoms with Crippen LogP contribution in [0.2, 0.25) is 0 Å². The third-order valence-electron chi connectivity index (χ3n) is 3.98. The highest BCUT2D eigenvalue weighted by molar-refractivity contribution is 5.58. The molecule has 0 saturated carbocycles. The van der Waals surface area contributed by atoms with Gasteiger partial charge in [-0.15, -0.1) is 0 Å². The lowest BCUT2D eigenvalue weighted by atomic mass is 9.93. The van der Waals surface area contributed by atoms with Crippen molar-refractivity contribution in [2.24, 2.45) is 0 Å². The highest BCUT2D eigenvalue weighted by Gasteiger charge is 2.31. The first-order valence-corrected chi connectivity index (χ1v) is 7.18. The van der Waals surface area contributed by atoms with Gasteiger partial charge in [-0.05, 0) is 19.1 Å². The first kappa shape index (κ1) is 15.8. The summed E-state index contributed by atoms with van der Waals surface area (Å²) in [7, 11) is 1.87. The van der Waals surface area contributed by atoms with E-state index in [-0.39, 0.29) is 0 Å². The Kier molecular flexibility index (Phi) is 4.84. The van der Waals surface area contributed by atoms with Gasteiger partial charge in [-0.2, -0.15) is 5.26 Å². The van der Waals surface area contributed by atoms with Crippen molar-refractivity contribution in [3.05, 3.63) is 29.3 Å². The zero-order valence-corrected chi connectivity index (χ0v) is 12.5. The monoisotopic (exact) mass is 290 g/mol. The molecule has 0 aromatic heterocycles. The minimum absolute atomic E-state index is 0.449. The molecule has 21 heavy (non-hydrogen) atoms. The molecule has 1 atom stereocenters. The Hall–Kier alpha value is -1.61. The zero-order valence-electron chi connectivity index (χ0n) is 12.5. The average Bonchev–Trinajstić information content (AvgIpc) is 2.46. The van der Waals surface area contributed by atoms with Crippen molar-refractivity contribution in [2.75, 3.05) is 31.7 Å². The summed E-state index contributed by atoms with van der Waals surface area (Å²) in [5, 5.41) is 29.6. The molecule has 2 N–H and O–H groups in total. The largest absolute Gasteiger partial charge is 0.389 e. The van der Waals surface area contributed by atoms with E-state index in [1.807, 2.05) is 11.9 Å². The van der Waals surface area contributed by atoms with Gasteiger partial charge in [0, 0.05) is 50.9 Å². The molecule has 2 rings (SSSR count). The fourth-order valence-corrected chi connectivity index (χ4v) is 2.73. The van der Waals surface area contributed by atoms with Gasteiger partial charge in [0.25, 0.3) is 0 Å². The normalized spacial score (nSPS) is 18.8. The third-order valence-corrected chi connectivity index (χ3v) is 3.98. The number of aliphatic hydroxyl groups excluding tert-OH is 1. The van der Waals surface area contributed by atoms with Crippen LogP contribution in [0.25, 0.3) is 0 Å². The molecule has 5 heteroatoms.